The van der Waals surface area contributed by atoms with Gasteiger partial charge in [0.1, 0.15) is 4.83 Å². The van der Waals surface area contributed by atoms with Gasteiger partial charge in [-0.25, -0.2) is 4.98 Å². The number of nitrogens with zero attached hydrogens (tertiary/aromatic N) is 3. The molecule has 1 aromatic carbocycles. The molecule has 5 nitrogen and oxygen atoms in total. The molecule has 1 aliphatic carbocycles. The topological polar surface area (TPSA) is 55.2 Å². The summed E-state index contributed by atoms with van der Waals surface area (Å²) in [6, 6.07) is 8.19. The van der Waals surface area contributed by atoms with Crippen molar-refractivity contribution in [3.8, 4) is 0 Å². The summed E-state index contributed by atoms with van der Waals surface area (Å²) in [5.41, 5.74) is 3.09. The van der Waals surface area contributed by atoms with Crippen LogP contribution in [-0.2, 0) is 5.75 Å². The molecule has 5 rings (SSSR count). The molecule has 32 heavy (non-hydrogen) atoms. The van der Waals surface area contributed by atoms with Crippen molar-refractivity contribution < 1.29 is 4.79 Å². The van der Waals surface area contributed by atoms with E-state index in [1.807, 2.05) is 40.7 Å². The summed E-state index contributed by atoms with van der Waals surface area (Å²) in [7, 11) is 0. The number of hydrogen-bond donors (Lipinski definition) is 0. The van der Waals surface area contributed by atoms with Gasteiger partial charge in [-0.3, -0.25) is 14.2 Å². The number of carbonyl (C=O) groups excluding carboxylic acids is 1. The van der Waals surface area contributed by atoms with Gasteiger partial charge in [0.15, 0.2) is 5.16 Å². The van der Waals surface area contributed by atoms with E-state index in [1.165, 1.54) is 17.7 Å². The number of amides is 1. The summed E-state index contributed by atoms with van der Waals surface area (Å²) < 4.78 is 1.98. The fourth-order valence-electron chi connectivity index (χ4n) is 4.87. The first-order valence-corrected chi connectivity index (χ1v) is 13.4. The Balaban J connectivity index is 1.40. The number of fused-ring (bicyclic) bond motifs is 1. The molecule has 0 radical (unpaired) electrons. The Morgan fingerprint density at radius 2 is 1.78 bits per heavy atom. The summed E-state index contributed by atoms with van der Waals surface area (Å²) in [4.78, 5) is 35.0. The van der Waals surface area contributed by atoms with Crippen LogP contribution in [0.5, 0.6) is 0 Å². The molecule has 0 N–H and O–H groups in total. The number of rotatable bonds is 5. The van der Waals surface area contributed by atoms with E-state index in [-0.39, 0.29) is 17.5 Å². The molecule has 168 valence electrons. The third-order valence-corrected chi connectivity index (χ3v) is 8.98. The van der Waals surface area contributed by atoms with E-state index in [1.54, 1.807) is 23.1 Å². The number of carbonyl (C=O) groups is 1. The maximum Gasteiger partial charge on any atom is 0.263 e. The predicted molar refractivity (Wildman–Crippen MR) is 132 cm³/mol. The Morgan fingerprint density at radius 3 is 2.47 bits per heavy atom. The molecular weight excluding hydrogens is 438 g/mol. The second-order valence-electron chi connectivity index (χ2n) is 8.96. The SMILES string of the molecule is Cc1sc2nc(SCc3ccc(C(=O)N4CCCC4)cc3)n(C3CCCC3)c(=O)c2c1C. The van der Waals surface area contributed by atoms with E-state index in [0.29, 0.717) is 0 Å². The minimum Gasteiger partial charge on any atom is -0.339 e. The molecule has 0 atom stereocenters. The molecule has 3 heterocycles. The normalized spacial score (nSPS) is 17.0. The molecule has 0 spiro atoms. The lowest BCUT2D eigenvalue weighted by Gasteiger charge is -2.18. The van der Waals surface area contributed by atoms with E-state index in [4.69, 9.17) is 4.98 Å². The van der Waals surface area contributed by atoms with Gasteiger partial charge in [0, 0.05) is 35.3 Å². The van der Waals surface area contributed by atoms with Crippen LogP contribution in [0.25, 0.3) is 10.2 Å². The number of thiophene rings is 1. The highest BCUT2D eigenvalue weighted by atomic mass is 32.2. The monoisotopic (exact) mass is 467 g/mol. The zero-order valence-electron chi connectivity index (χ0n) is 18.7. The van der Waals surface area contributed by atoms with Crippen molar-refractivity contribution >= 4 is 39.2 Å². The van der Waals surface area contributed by atoms with E-state index in [9.17, 15) is 9.59 Å². The molecule has 1 saturated heterocycles. The van der Waals surface area contributed by atoms with Gasteiger partial charge in [0.25, 0.3) is 11.5 Å². The minimum absolute atomic E-state index is 0.123. The predicted octanol–water partition coefficient (Wildman–Crippen LogP) is 5.72. The largest absolute Gasteiger partial charge is 0.339 e. The summed E-state index contributed by atoms with van der Waals surface area (Å²) in [6.07, 6.45) is 6.65. The first-order valence-electron chi connectivity index (χ1n) is 11.6. The summed E-state index contributed by atoms with van der Waals surface area (Å²) in [5.74, 6) is 0.860. The number of benzene rings is 1. The van der Waals surface area contributed by atoms with Crippen LogP contribution >= 0.6 is 23.1 Å². The summed E-state index contributed by atoms with van der Waals surface area (Å²) >= 11 is 3.25. The fourth-order valence-corrected chi connectivity index (χ4v) is 6.96. The number of aromatic nitrogens is 2. The number of thioether (sulfide) groups is 1. The van der Waals surface area contributed by atoms with E-state index >= 15 is 0 Å². The third kappa shape index (κ3) is 4.01. The number of aryl methyl sites for hydroxylation is 2. The molecule has 1 aliphatic heterocycles. The quantitative estimate of drug-likeness (QED) is 0.356. The molecule has 1 amide bonds. The lowest BCUT2D eigenvalue weighted by Crippen LogP contribution is -2.27. The summed E-state index contributed by atoms with van der Waals surface area (Å²) in [6.45, 7) is 5.84. The van der Waals surface area contributed by atoms with Crippen molar-refractivity contribution in [3.05, 3.63) is 56.2 Å². The Kier molecular flexibility index (Phi) is 6.12. The highest BCUT2D eigenvalue weighted by Crippen LogP contribution is 2.35. The van der Waals surface area contributed by atoms with Crippen molar-refractivity contribution in [2.24, 2.45) is 0 Å². The molecule has 2 fully saturated rings. The fraction of sp³-hybridized carbons (Fsp3) is 0.480. The van der Waals surface area contributed by atoms with Crippen LogP contribution in [0.3, 0.4) is 0 Å². The van der Waals surface area contributed by atoms with Crippen LogP contribution < -0.4 is 5.56 Å². The van der Waals surface area contributed by atoms with Gasteiger partial charge in [-0.05, 0) is 62.8 Å². The van der Waals surface area contributed by atoms with E-state index < -0.39 is 0 Å². The maximum atomic E-state index is 13.5. The molecule has 2 aromatic heterocycles. The van der Waals surface area contributed by atoms with Gasteiger partial charge in [0.2, 0.25) is 0 Å². The zero-order chi connectivity index (χ0) is 22.2. The van der Waals surface area contributed by atoms with Crippen LogP contribution in [0, 0.1) is 13.8 Å². The van der Waals surface area contributed by atoms with Gasteiger partial charge in [-0.2, -0.15) is 0 Å². The Bertz CT molecular complexity index is 1200. The van der Waals surface area contributed by atoms with E-state index in [2.05, 4.69) is 6.92 Å². The van der Waals surface area contributed by atoms with Crippen LogP contribution in [0.2, 0.25) is 0 Å². The molecular formula is C25H29N3O2S2. The molecule has 0 bridgehead atoms. The van der Waals surface area contributed by atoms with Crippen LogP contribution in [0.4, 0.5) is 0 Å². The molecule has 0 unspecified atom stereocenters. The van der Waals surface area contributed by atoms with Gasteiger partial charge in [-0.1, -0.05) is 36.7 Å². The number of likely N-dealkylation sites (tertiary alicyclic amines) is 1. The molecule has 3 aromatic rings. The van der Waals surface area contributed by atoms with Gasteiger partial charge < -0.3 is 4.90 Å². The van der Waals surface area contributed by atoms with Crippen molar-refractivity contribution in [2.75, 3.05) is 13.1 Å². The number of hydrogen-bond acceptors (Lipinski definition) is 5. The van der Waals surface area contributed by atoms with Crippen molar-refractivity contribution in [1.29, 1.82) is 0 Å². The average molecular weight is 468 g/mol. The third-order valence-electron chi connectivity index (χ3n) is 6.85. The maximum absolute atomic E-state index is 13.5. The van der Waals surface area contributed by atoms with Gasteiger partial charge in [0.05, 0.1) is 5.39 Å². The Hall–Kier alpha value is -2.12. The average Bonchev–Trinajstić information content (AvgIpc) is 3.55. The van der Waals surface area contributed by atoms with Crippen LogP contribution in [0.1, 0.15) is 70.9 Å². The highest BCUT2D eigenvalue weighted by molar-refractivity contribution is 7.98. The zero-order valence-corrected chi connectivity index (χ0v) is 20.4. The molecule has 1 saturated carbocycles. The minimum atomic E-state index is 0.123. The Labute approximate surface area is 196 Å². The van der Waals surface area contributed by atoms with Crippen molar-refractivity contribution in [2.45, 2.75) is 69.3 Å². The van der Waals surface area contributed by atoms with E-state index in [0.717, 1.165) is 76.6 Å². The second-order valence-corrected chi connectivity index (χ2v) is 11.1. The van der Waals surface area contributed by atoms with Gasteiger partial charge >= 0.3 is 0 Å². The smallest absolute Gasteiger partial charge is 0.263 e. The lowest BCUT2D eigenvalue weighted by atomic mass is 10.1. The molecule has 7 heteroatoms. The van der Waals surface area contributed by atoms with Crippen molar-refractivity contribution in [3.63, 3.8) is 0 Å². The highest BCUT2D eigenvalue weighted by Gasteiger charge is 2.25. The lowest BCUT2D eigenvalue weighted by molar-refractivity contribution is 0.0793. The standard InChI is InChI=1S/C25H29N3O2S2/c1-16-17(2)32-22-21(16)24(30)28(20-7-3-4-8-20)25(26-22)31-15-18-9-11-19(12-10-18)23(29)27-13-5-6-14-27/h9-12,20H,3-8,13-15H2,1-2H3. The summed E-state index contributed by atoms with van der Waals surface area (Å²) in [5, 5.41) is 1.63. The Morgan fingerprint density at radius 1 is 1.09 bits per heavy atom. The first-order chi connectivity index (χ1) is 15.5. The molecule has 2 aliphatic rings. The van der Waals surface area contributed by atoms with Crippen LogP contribution in [0.15, 0.2) is 34.2 Å². The first kappa shape index (κ1) is 21.7. The van der Waals surface area contributed by atoms with Crippen LogP contribution in [-0.4, -0.2) is 33.4 Å². The second kappa shape index (κ2) is 9.02. The van der Waals surface area contributed by atoms with Gasteiger partial charge in [-0.15, -0.1) is 11.3 Å². The van der Waals surface area contributed by atoms with Crippen molar-refractivity contribution in [1.82, 2.24) is 14.5 Å².